The van der Waals surface area contributed by atoms with Gasteiger partial charge < -0.3 is 15.2 Å². The first kappa shape index (κ1) is 10.9. The lowest BCUT2D eigenvalue weighted by molar-refractivity contribution is 0.208. The molecule has 1 aromatic carbocycles. The van der Waals surface area contributed by atoms with Gasteiger partial charge in [-0.25, -0.2) is 0 Å². The third-order valence-corrected chi connectivity index (χ3v) is 2.03. The van der Waals surface area contributed by atoms with E-state index in [1.165, 1.54) is 0 Å². The smallest absolute Gasteiger partial charge is 0.120 e. The van der Waals surface area contributed by atoms with E-state index in [-0.39, 0.29) is 6.10 Å². The van der Waals surface area contributed by atoms with Crippen molar-refractivity contribution in [1.82, 2.24) is 0 Å². The van der Waals surface area contributed by atoms with Gasteiger partial charge in [-0.15, -0.1) is 0 Å². The Morgan fingerprint density at radius 1 is 1.50 bits per heavy atom. The van der Waals surface area contributed by atoms with Gasteiger partial charge in [-0.05, 0) is 25.5 Å². The molecule has 0 aliphatic rings. The molecule has 78 valence electrons. The number of aliphatic hydroxyl groups is 1. The van der Waals surface area contributed by atoms with Gasteiger partial charge in [-0.3, -0.25) is 0 Å². The summed E-state index contributed by atoms with van der Waals surface area (Å²) < 4.78 is 5.11. The number of aryl methyl sites for hydroxylation is 1. The Morgan fingerprint density at radius 2 is 2.21 bits per heavy atom. The van der Waals surface area contributed by atoms with E-state index in [0.29, 0.717) is 6.54 Å². The minimum atomic E-state index is -0.347. The van der Waals surface area contributed by atoms with Crippen LogP contribution in [0.15, 0.2) is 18.2 Å². The van der Waals surface area contributed by atoms with Crippen molar-refractivity contribution in [2.24, 2.45) is 0 Å². The van der Waals surface area contributed by atoms with Gasteiger partial charge in [0.05, 0.1) is 13.2 Å². The third-order valence-electron chi connectivity index (χ3n) is 2.03. The Morgan fingerprint density at radius 3 is 2.79 bits per heavy atom. The van der Waals surface area contributed by atoms with Crippen LogP contribution in [0.4, 0.5) is 5.69 Å². The first-order valence-electron chi connectivity index (χ1n) is 4.70. The number of anilines is 1. The highest BCUT2D eigenvalue weighted by Crippen LogP contribution is 2.21. The minimum absolute atomic E-state index is 0.347. The highest BCUT2D eigenvalue weighted by molar-refractivity contribution is 5.54. The quantitative estimate of drug-likeness (QED) is 0.769. The van der Waals surface area contributed by atoms with Crippen LogP contribution in [0.25, 0.3) is 0 Å². The number of ether oxygens (including phenoxy) is 1. The van der Waals surface area contributed by atoms with Crippen LogP contribution < -0.4 is 10.1 Å². The van der Waals surface area contributed by atoms with Gasteiger partial charge in [0.15, 0.2) is 0 Å². The van der Waals surface area contributed by atoms with Gasteiger partial charge >= 0.3 is 0 Å². The zero-order chi connectivity index (χ0) is 10.6. The summed E-state index contributed by atoms with van der Waals surface area (Å²) in [4.78, 5) is 0. The summed E-state index contributed by atoms with van der Waals surface area (Å²) in [6.45, 7) is 4.32. The molecule has 0 heterocycles. The molecule has 0 saturated carbocycles. The van der Waals surface area contributed by atoms with Crippen molar-refractivity contribution in [2.75, 3.05) is 19.0 Å². The van der Waals surface area contributed by atoms with Crippen LogP contribution >= 0.6 is 0 Å². The van der Waals surface area contributed by atoms with Gasteiger partial charge in [-0.2, -0.15) is 0 Å². The molecule has 0 unspecified atom stereocenters. The first-order chi connectivity index (χ1) is 6.63. The molecule has 0 saturated heterocycles. The molecule has 3 nitrogen and oxygen atoms in total. The van der Waals surface area contributed by atoms with E-state index in [2.05, 4.69) is 5.32 Å². The van der Waals surface area contributed by atoms with Crippen LogP contribution in [-0.2, 0) is 0 Å². The number of benzene rings is 1. The third kappa shape index (κ3) is 2.92. The molecule has 0 bridgehead atoms. The molecule has 0 aliphatic heterocycles. The Balaban J connectivity index is 2.73. The Kier molecular flexibility index (Phi) is 3.77. The monoisotopic (exact) mass is 195 g/mol. The largest absolute Gasteiger partial charge is 0.497 e. The molecule has 0 aromatic heterocycles. The van der Waals surface area contributed by atoms with Crippen molar-refractivity contribution in [1.29, 1.82) is 0 Å². The predicted molar refractivity (Wildman–Crippen MR) is 57.9 cm³/mol. The van der Waals surface area contributed by atoms with Gasteiger partial charge in [0, 0.05) is 18.3 Å². The molecule has 0 spiro atoms. The van der Waals surface area contributed by atoms with E-state index < -0.39 is 0 Å². The maximum absolute atomic E-state index is 9.14. The average Bonchev–Trinajstić information content (AvgIpc) is 2.16. The first-order valence-corrected chi connectivity index (χ1v) is 4.70. The molecule has 0 radical (unpaired) electrons. The van der Waals surface area contributed by atoms with Gasteiger partial charge in [0.25, 0.3) is 0 Å². The summed E-state index contributed by atoms with van der Waals surface area (Å²) in [5, 5.41) is 12.3. The topological polar surface area (TPSA) is 41.5 Å². The van der Waals surface area contributed by atoms with E-state index in [4.69, 9.17) is 9.84 Å². The van der Waals surface area contributed by atoms with E-state index in [1.807, 2.05) is 25.1 Å². The number of hydrogen-bond acceptors (Lipinski definition) is 3. The van der Waals surface area contributed by atoms with Crippen molar-refractivity contribution < 1.29 is 9.84 Å². The van der Waals surface area contributed by atoms with E-state index in [0.717, 1.165) is 17.0 Å². The second-order valence-electron chi connectivity index (χ2n) is 3.41. The normalized spacial score (nSPS) is 12.3. The highest BCUT2D eigenvalue weighted by atomic mass is 16.5. The molecule has 0 amide bonds. The average molecular weight is 195 g/mol. The summed E-state index contributed by atoms with van der Waals surface area (Å²) in [7, 11) is 1.64. The van der Waals surface area contributed by atoms with E-state index in [1.54, 1.807) is 14.0 Å². The summed E-state index contributed by atoms with van der Waals surface area (Å²) in [5.41, 5.74) is 2.15. The number of hydrogen-bond donors (Lipinski definition) is 2. The molecule has 0 aliphatic carbocycles. The van der Waals surface area contributed by atoms with Crippen molar-refractivity contribution >= 4 is 5.69 Å². The van der Waals surface area contributed by atoms with Crippen LogP contribution in [-0.4, -0.2) is 24.9 Å². The van der Waals surface area contributed by atoms with Crippen molar-refractivity contribution in [3.05, 3.63) is 23.8 Å². The molecule has 1 aromatic rings. The van der Waals surface area contributed by atoms with Crippen LogP contribution in [0.3, 0.4) is 0 Å². The van der Waals surface area contributed by atoms with Gasteiger partial charge in [-0.1, -0.05) is 6.07 Å². The molecule has 1 atom stereocenters. The number of aliphatic hydroxyl groups excluding tert-OH is 1. The fourth-order valence-electron chi connectivity index (χ4n) is 1.18. The van der Waals surface area contributed by atoms with Gasteiger partial charge in [0.1, 0.15) is 5.75 Å². The molecule has 3 heteroatoms. The summed E-state index contributed by atoms with van der Waals surface area (Å²) in [6, 6.07) is 5.84. The summed E-state index contributed by atoms with van der Waals surface area (Å²) in [6.07, 6.45) is -0.347. The second kappa shape index (κ2) is 4.86. The van der Waals surface area contributed by atoms with Crippen LogP contribution in [0.5, 0.6) is 5.75 Å². The Bertz CT molecular complexity index is 297. The zero-order valence-corrected chi connectivity index (χ0v) is 8.87. The SMILES string of the molecule is COc1ccc(C)c(NC[C@H](C)O)c1. The lowest BCUT2D eigenvalue weighted by Crippen LogP contribution is -2.15. The maximum atomic E-state index is 9.14. The predicted octanol–water partition coefficient (Wildman–Crippen LogP) is 1.80. The van der Waals surface area contributed by atoms with Crippen LogP contribution in [0.2, 0.25) is 0 Å². The second-order valence-corrected chi connectivity index (χ2v) is 3.41. The lowest BCUT2D eigenvalue weighted by Gasteiger charge is -2.12. The fraction of sp³-hybridized carbons (Fsp3) is 0.455. The summed E-state index contributed by atoms with van der Waals surface area (Å²) in [5.74, 6) is 0.823. The van der Waals surface area contributed by atoms with E-state index in [9.17, 15) is 0 Å². The standard InChI is InChI=1S/C11H17NO2/c1-8-4-5-10(14-3)6-11(8)12-7-9(2)13/h4-6,9,12-13H,7H2,1-3H3/t9-/m0/s1. The molecule has 14 heavy (non-hydrogen) atoms. The zero-order valence-electron chi connectivity index (χ0n) is 8.87. The molecular formula is C11H17NO2. The lowest BCUT2D eigenvalue weighted by atomic mass is 10.2. The molecular weight excluding hydrogens is 178 g/mol. The highest BCUT2D eigenvalue weighted by Gasteiger charge is 2.01. The Hall–Kier alpha value is -1.22. The minimum Gasteiger partial charge on any atom is -0.497 e. The van der Waals surface area contributed by atoms with Crippen molar-refractivity contribution in [3.63, 3.8) is 0 Å². The summed E-state index contributed by atoms with van der Waals surface area (Å²) >= 11 is 0. The fourth-order valence-corrected chi connectivity index (χ4v) is 1.18. The molecule has 2 N–H and O–H groups in total. The number of rotatable bonds is 4. The Labute approximate surface area is 84.7 Å². The van der Waals surface area contributed by atoms with Crippen molar-refractivity contribution in [2.45, 2.75) is 20.0 Å². The molecule has 1 rings (SSSR count). The van der Waals surface area contributed by atoms with E-state index >= 15 is 0 Å². The van der Waals surface area contributed by atoms with Gasteiger partial charge in [0.2, 0.25) is 0 Å². The number of nitrogens with one attached hydrogen (secondary N) is 1. The maximum Gasteiger partial charge on any atom is 0.120 e. The van der Waals surface area contributed by atoms with Crippen LogP contribution in [0.1, 0.15) is 12.5 Å². The van der Waals surface area contributed by atoms with Crippen LogP contribution in [0, 0.1) is 6.92 Å². The number of methoxy groups -OCH3 is 1. The van der Waals surface area contributed by atoms with Crippen molar-refractivity contribution in [3.8, 4) is 5.75 Å². The molecule has 0 fully saturated rings.